The first-order chi connectivity index (χ1) is 35.1. The summed E-state index contributed by atoms with van der Waals surface area (Å²) in [6.45, 7) is 16.0. The molecular formula is C70H55F2N. The Kier molecular flexibility index (Phi) is 9.93. The van der Waals surface area contributed by atoms with Crippen LogP contribution in [-0.4, -0.2) is 0 Å². The molecule has 0 aromatic heterocycles. The molecule has 0 aliphatic heterocycles. The Morgan fingerprint density at radius 2 is 0.781 bits per heavy atom. The van der Waals surface area contributed by atoms with Gasteiger partial charge in [0, 0.05) is 27.9 Å². The Morgan fingerprint density at radius 3 is 1.27 bits per heavy atom. The smallest absolute Gasteiger partial charge is 0.123 e. The Hall–Kier alpha value is -8.14. The quantitative estimate of drug-likeness (QED) is 0.161. The number of nitrogens with zero attached hydrogens (tertiary/aromatic N) is 1. The fourth-order valence-electron chi connectivity index (χ4n) is 12.4. The second-order valence-corrected chi connectivity index (χ2v) is 22.4. The van der Waals surface area contributed by atoms with Crippen LogP contribution < -0.4 is 4.90 Å². The molecule has 11 aromatic carbocycles. The van der Waals surface area contributed by atoms with Crippen molar-refractivity contribution < 1.29 is 8.78 Å². The third kappa shape index (κ3) is 7.07. The highest BCUT2D eigenvalue weighted by molar-refractivity contribution is 6.17. The summed E-state index contributed by atoms with van der Waals surface area (Å²) in [6, 6.07) is 72.1. The minimum absolute atomic E-state index is 0.0539. The number of benzene rings is 11. The Balaban J connectivity index is 1.06. The molecule has 0 heterocycles. The molecular weight excluding hydrogens is 893 g/mol. The number of hydrogen-bond acceptors (Lipinski definition) is 1. The van der Waals surface area contributed by atoms with Crippen molar-refractivity contribution in [3.8, 4) is 55.6 Å². The van der Waals surface area contributed by atoms with E-state index in [9.17, 15) is 0 Å². The fourth-order valence-corrected chi connectivity index (χ4v) is 12.4. The number of anilines is 3. The second-order valence-electron chi connectivity index (χ2n) is 22.4. The molecule has 1 nitrogen and oxygen atoms in total. The number of fused-ring (bicyclic) bond motifs is 9. The highest BCUT2D eigenvalue weighted by Gasteiger charge is 2.42. The molecule has 2 aliphatic carbocycles. The SMILES string of the molecule is CC(C)(C)c1ccc(-c2ccc3c(c2)C(C)(C)c2cc4c(-c5cccc(F)c5)c5c(cc4c(-c4cccc(F)c4)c2-3)C(C)(C)c2cc(N(c3ccc4ccccc4c3)c3ccc4ccccc4c3)ccc2-5)cc1. The molecule has 11 aromatic rings. The molecule has 0 unspecified atom stereocenters. The fraction of sp³-hybridized carbons (Fsp3) is 0.143. The van der Waals surface area contributed by atoms with Crippen LogP contribution >= 0.6 is 0 Å². The van der Waals surface area contributed by atoms with Crippen LogP contribution in [0.3, 0.4) is 0 Å². The minimum Gasteiger partial charge on any atom is -0.310 e. The van der Waals surface area contributed by atoms with Gasteiger partial charge in [-0.3, -0.25) is 0 Å². The molecule has 0 atom stereocenters. The maximum Gasteiger partial charge on any atom is 0.123 e. The normalized spacial score (nSPS) is 14.0. The first-order valence-electron chi connectivity index (χ1n) is 25.5. The van der Waals surface area contributed by atoms with Gasteiger partial charge in [-0.1, -0.05) is 176 Å². The van der Waals surface area contributed by atoms with Crippen LogP contribution in [0.2, 0.25) is 0 Å². The van der Waals surface area contributed by atoms with Crippen LogP contribution in [0.25, 0.3) is 88.0 Å². The van der Waals surface area contributed by atoms with Gasteiger partial charge in [-0.2, -0.15) is 0 Å². The van der Waals surface area contributed by atoms with Crippen LogP contribution in [0.5, 0.6) is 0 Å². The molecule has 73 heavy (non-hydrogen) atoms. The Morgan fingerprint density at radius 1 is 0.342 bits per heavy atom. The predicted octanol–water partition coefficient (Wildman–Crippen LogP) is 19.8. The first-order valence-corrected chi connectivity index (χ1v) is 25.5. The molecule has 0 bridgehead atoms. The zero-order chi connectivity index (χ0) is 50.1. The second kappa shape index (κ2) is 16.2. The summed E-state index contributed by atoms with van der Waals surface area (Å²) in [4.78, 5) is 2.38. The van der Waals surface area contributed by atoms with Crippen molar-refractivity contribution in [3.05, 3.63) is 246 Å². The summed E-state index contributed by atoms with van der Waals surface area (Å²) in [5.41, 5.74) is 18.8. The zero-order valence-electron chi connectivity index (χ0n) is 42.3. The van der Waals surface area contributed by atoms with Gasteiger partial charge in [0.25, 0.3) is 0 Å². The number of hydrogen-bond donors (Lipinski definition) is 0. The molecule has 0 amide bonds. The Labute approximate surface area is 427 Å². The van der Waals surface area contributed by atoms with Crippen molar-refractivity contribution in [2.24, 2.45) is 0 Å². The van der Waals surface area contributed by atoms with Gasteiger partial charge in [0.05, 0.1) is 0 Å². The average molecular weight is 948 g/mol. The molecule has 13 rings (SSSR count). The molecule has 0 saturated heterocycles. The largest absolute Gasteiger partial charge is 0.310 e. The highest BCUT2D eigenvalue weighted by Crippen LogP contribution is 2.60. The summed E-state index contributed by atoms with van der Waals surface area (Å²) >= 11 is 0. The number of rotatable bonds is 6. The van der Waals surface area contributed by atoms with Crippen LogP contribution in [0.15, 0.2) is 206 Å². The average Bonchev–Trinajstić information content (AvgIpc) is 3.75. The van der Waals surface area contributed by atoms with Gasteiger partial charge in [0.1, 0.15) is 11.6 Å². The standard InChI is InChI=1S/C70H55F2N/c1-68(2,3)50-27-22-44(23-28-50)47-26-32-56-60(38-47)69(4,5)62-40-58-59(64(66(56)62)48-18-12-20-51(71)34-48)41-63-67(65(58)49-19-13-21-52(72)35-49)57-33-31-55(39-61(57)70(63,6)7)73(53-29-24-42-14-8-10-16-45(42)36-53)54-30-25-43-15-9-11-17-46(43)37-54/h8-41H,1-7H3. The summed E-state index contributed by atoms with van der Waals surface area (Å²) in [6.07, 6.45) is 0. The van der Waals surface area contributed by atoms with E-state index in [4.69, 9.17) is 0 Å². The lowest BCUT2D eigenvalue weighted by Gasteiger charge is -2.29. The van der Waals surface area contributed by atoms with Gasteiger partial charge in [0.2, 0.25) is 0 Å². The van der Waals surface area contributed by atoms with Crippen LogP contribution in [0.4, 0.5) is 25.8 Å². The molecule has 0 radical (unpaired) electrons. The van der Waals surface area contributed by atoms with Crippen molar-refractivity contribution in [2.75, 3.05) is 4.90 Å². The lowest BCUT2D eigenvalue weighted by molar-refractivity contribution is 0.590. The molecule has 0 spiro atoms. The highest BCUT2D eigenvalue weighted by atomic mass is 19.1. The van der Waals surface area contributed by atoms with Gasteiger partial charge in [-0.15, -0.1) is 0 Å². The maximum absolute atomic E-state index is 15.8. The molecule has 3 heteroatoms. The van der Waals surface area contributed by atoms with E-state index in [-0.39, 0.29) is 17.0 Å². The molecule has 2 aliphatic rings. The molecule has 354 valence electrons. The molecule has 0 N–H and O–H groups in total. The lowest BCUT2D eigenvalue weighted by Crippen LogP contribution is -2.17. The summed E-state index contributed by atoms with van der Waals surface area (Å²) < 4.78 is 31.6. The van der Waals surface area contributed by atoms with Crippen LogP contribution in [0.1, 0.15) is 76.3 Å². The first kappa shape index (κ1) is 44.8. The van der Waals surface area contributed by atoms with E-state index >= 15 is 8.78 Å². The van der Waals surface area contributed by atoms with Crippen molar-refractivity contribution in [2.45, 2.75) is 64.7 Å². The zero-order valence-corrected chi connectivity index (χ0v) is 42.3. The lowest BCUT2D eigenvalue weighted by atomic mass is 9.76. The molecule has 0 saturated carbocycles. The number of halogens is 2. The topological polar surface area (TPSA) is 3.24 Å². The summed E-state index contributed by atoms with van der Waals surface area (Å²) in [5, 5.41) is 6.75. The van der Waals surface area contributed by atoms with E-state index in [0.717, 1.165) is 83.5 Å². The van der Waals surface area contributed by atoms with Crippen LogP contribution in [-0.2, 0) is 16.2 Å². The summed E-state index contributed by atoms with van der Waals surface area (Å²) in [5.74, 6) is -0.580. The van der Waals surface area contributed by atoms with Gasteiger partial charge < -0.3 is 4.90 Å². The van der Waals surface area contributed by atoms with Crippen molar-refractivity contribution >= 4 is 49.4 Å². The van der Waals surface area contributed by atoms with Gasteiger partial charge in [-0.05, 0) is 200 Å². The van der Waals surface area contributed by atoms with Gasteiger partial charge in [0.15, 0.2) is 0 Å². The van der Waals surface area contributed by atoms with E-state index in [1.165, 1.54) is 61.5 Å². The molecule has 0 fully saturated rings. The van der Waals surface area contributed by atoms with Crippen molar-refractivity contribution in [1.29, 1.82) is 0 Å². The maximum atomic E-state index is 15.8. The van der Waals surface area contributed by atoms with E-state index in [1.807, 2.05) is 24.3 Å². The van der Waals surface area contributed by atoms with Crippen molar-refractivity contribution in [1.82, 2.24) is 0 Å². The van der Waals surface area contributed by atoms with E-state index in [0.29, 0.717) is 0 Å². The van der Waals surface area contributed by atoms with E-state index in [1.54, 1.807) is 12.1 Å². The third-order valence-corrected chi connectivity index (χ3v) is 16.3. The van der Waals surface area contributed by atoms with Crippen LogP contribution in [0, 0.1) is 11.6 Å². The summed E-state index contributed by atoms with van der Waals surface area (Å²) in [7, 11) is 0. The van der Waals surface area contributed by atoms with E-state index in [2.05, 4.69) is 211 Å². The van der Waals surface area contributed by atoms with Crippen molar-refractivity contribution in [3.63, 3.8) is 0 Å². The van der Waals surface area contributed by atoms with Gasteiger partial charge in [-0.25, -0.2) is 8.78 Å². The third-order valence-electron chi connectivity index (χ3n) is 16.3. The van der Waals surface area contributed by atoms with Gasteiger partial charge >= 0.3 is 0 Å². The predicted molar refractivity (Wildman–Crippen MR) is 304 cm³/mol. The van der Waals surface area contributed by atoms with E-state index < -0.39 is 10.8 Å². The Bertz CT molecular complexity index is 4010. The minimum atomic E-state index is -0.498. The monoisotopic (exact) mass is 947 g/mol.